The van der Waals surface area contributed by atoms with E-state index in [1.54, 1.807) is 12.4 Å². The predicted octanol–water partition coefficient (Wildman–Crippen LogP) is 1.57. The SMILES string of the molecule is c1cc2cc3nnccc3cc2nn1. The Labute approximate surface area is 79.6 Å². The quantitative estimate of drug-likeness (QED) is 0.495. The largest absolute Gasteiger partial charge is 0.159 e. The Morgan fingerprint density at radius 1 is 0.714 bits per heavy atom. The third kappa shape index (κ3) is 1.01. The fraction of sp³-hybridized carbons (Fsp3) is 0. The van der Waals surface area contributed by atoms with Gasteiger partial charge in [-0.3, -0.25) is 0 Å². The number of aromatic nitrogens is 4. The van der Waals surface area contributed by atoms with Gasteiger partial charge in [-0.25, -0.2) is 0 Å². The van der Waals surface area contributed by atoms with Crippen molar-refractivity contribution in [3.05, 3.63) is 36.7 Å². The lowest BCUT2D eigenvalue weighted by molar-refractivity contribution is 1.07. The first kappa shape index (κ1) is 7.32. The smallest absolute Gasteiger partial charge is 0.0937 e. The number of benzene rings is 1. The van der Waals surface area contributed by atoms with E-state index in [0.717, 1.165) is 21.8 Å². The zero-order chi connectivity index (χ0) is 9.38. The van der Waals surface area contributed by atoms with Gasteiger partial charge in [0.25, 0.3) is 0 Å². The molecular weight excluding hydrogens is 176 g/mol. The number of fused-ring (bicyclic) bond motifs is 2. The van der Waals surface area contributed by atoms with Crippen LogP contribution < -0.4 is 0 Å². The lowest BCUT2D eigenvalue weighted by Crippen LogP contribution is -1.86. The molecule has 0 saturated carbocycles. The molecule has 66 valence electrons. The highest BCUT2D eigenvalue weighted by atomic mass is 15.1. The lowest BCUT2D eigenvalue weighted by atomic mass is 10.1. The third-order valence-corrected chi connectivity index (χ3v) is 2.15. The van der Waals surface area contributed by atoms with Crippen LogP contribution in [0.4, 0.5) is 0 Å². The minimum absolute atomic E-state index is 0.882. The fourth-order valence-corrected chi connectivity index (χ4v) is 1.47. The van der Waals surface area contributed by atoms with Crippen molar-refractivity contribution in [2.24, 2.45) is 0 Å². The van der Waals surface area contributed by atoms with Gasteiger partial charge in [0.15, 0.2) is 0 Å². The van der Waals surface area contributed by atoms with Gasteiger partial charge in [-0.05, 0) is 24.3 Å². The third-order valence-electron chi connectivity index (χ3n) is 2.15. The summed E-state index contributed by atoms with van der Waals surface area (Å²) in [5, 5.41) is 17.8. The molecule has 0 bridgehead atoms. The molecule has 0 aliphatic rings. The van der Waals surface area contributed by atoms with Crippen molar-refractivity contribution in [3.63, 3.8) is 0 Å². The zero-order valence-corrected chi connectivity index (χ0v) is 7.25. The van der Waals surface area contributed by atoms with Crippen LogP contribution in [0.15, 0.2) is 36.7 Å². The minimum atomic E-state index is 0.882. The second kappa shape index (κ2) is 2.70. The Balaban J connectivity index is 2.52. The first-order chi connectivity index (χ1) is 6.93. The van der Waals surface area contributed by atoms with Crippen molar-refractivity contribution in [2.75, 3.05) is 0 Å². The van der Waals surface area contributed by atoms with Crippen LogP contribution in [0, 0.1) is 0 Å². The first-order valence-electron chi connectivity index (χ1n) is 4.26. The van der Waals surface area contributed by atoms with Crippen LogP contribution in [0.3, 0.4) is 0 Å². The molecule has 2 aromatic heterocycles. The molecule has 0 N–H and O–H groups in total. The van der Waals surface area contributed by atoms with Crippen LogP contribution in [-0.2, 0) is 0 Å². The van der Waals surface area contributed by atoms with Crippen molar-refractivity contribution >= 4 is 21.8 Å². The van der Waals surface area contributed by atoms with Gasteiger partial charge in [0, 0.05) is 10.8 Å². The number of rotatable bonds is 0. The van der Waals surface area contributed by atoms with Gasteiger partial charge in [-0.2, -0.15) is 20.4 Å². The minimum Gasteiger partial charge on any atom is -0.159 e. The molecule has 0 aliphatic carbocycles. The summed E-state index contributed by atoms with van der Waals surface area (Å²) in [7, 11) is 0. The van der Waals surface area contributed by atoms with Gasteiger partial charge >= 0.3 is 0 Å². The van der Waals surface area contributed by atoms with Crippen molar-refractivity contribution in [2.45, 2.75) is 0 Å². The maximum absolute atomic E-state index is 4.03. The van der Waals surface area contributed by atoms with Crippen molar-refractivity contribution in [1.29, 1.82) is 0 Å². The number of hydrogen-bond acceptors (Lipinski definition) is 4. The molecule has 0 radical (unpaired) electrons. The summed E-state index contributed by atoms with van der Waals surface area (Å²) in [4.78, 5) is 0. The van der Waals surface area contributed by atoms with Crippen molar-refractivity contribution < 1.29 is 0 Å². The van der Waals surface area contributed by atoms with Gasteiger partial charge in [-0.1, -0.05) is 0 Å². The summed E-state index contributed by atoms with van der Waals surface area (Å²) in [6.07, 6.45) is 3.34. The van der Waals surface area contributed by atoms with Crippen LogP contribution in [-0.4, -0.2) is 20.4 Å². The summed E-state index contributed by atoms with van der Waals surface area (Å²) in [5.41, 5.74) is 1.76. The van der Waals surface area contributed by atoms with Crippen molar-refractivity contribution in [1.82, 2.24) is 20.4 Å². The lowest BCUT2D eigenvalue weighted by Gasteiger charge is -1.97. The molecule has 4 nitrogen and oxygen atoms in total. The van der Waals surface area contributed by atoms with E-state index in [1.807, 2.05) is 24.3 Å². The molecule has 3 aromatic rings. The van der Waals surface area contributed by atoms with Gasteiger partial charge < -0.3 is 0 Å². The fourth-order valence-electron chi connectivity index (χ4n) is 1.47. The van der Waals surface area contributed by atoms with E-state index in [0.29, 0.717) is 0 Å². The van der Waals surface area contributed by atoms with Crippen LogP contribution in [0.25, 0.3) is 21.8 Å². The molecule has 14 heavy (non-hydrogen) atoms. The topological polar surface area (TPSA) is 51.6 Å². The number of hydrogen-bond donors (Lipinski definition) is 0. The van der Waals surface area contributed by atoms with Gasteiger partial charge in [-0.15, -0.1) is 0 Å². The van der Waals surface area contributed by atoms with Gasteiger partial charge in [0.2, 0.25) is 0 Å². The van der Waals surface area contributed by atoms with E-state index >= 15 is 0 Å². The van der Waals surface area contributed by atoms with Crippen molar-refractivity contribution in [3.8, 4) is 0 Å². The molecule has 0 unspecified atom stereocenters. The summed E-state index contributed by atoms with van der Waals surface area (Å²) >= 11 is 0. The highest BCUT2D eigenvalue weighted by Crippen LogP contribution is 2.17. The highest BCUT2D eigenvalue weighted by molar-refractivity contribution is 5.93. The molecule has 0 atom stereocenters. The Morgan fingerprint density at radius 2 is 1.21 bits per heavy atom. The van der Waals surface area contributed by atoms with Crippen LogP contribution in [0.5, 0.6) is 0 Å². The molecule has 0 fully saturated rings. The summed E-state index contributed by atoms with van der Waals surface area (Å²) in [6.45, 7) is 0. The second-order valence-electron chi connectivity index (χ2n) is 3.03. The van der Waals surface area contributed by atoms with E-state index < -0.39 is 0 Å². The standard InChI is InChI=1S/C10H6N4/c1-3-11-13-9-6-8-2-4-12-14-10(8)5-7(1)9/h1-6H. The molecule has 3 rings (SSSR count). The van der Waals surface area contributed by atoms with Crippen LogP contribution in [0.2, 0.25) is 0 Å². The Hall–Kier alpha value is -2.10. The molecule has 0 aliphatic heterocycles. The second-order valence-corrected chi connectivity index (χ2v) is 3.03. The molecule has 1 aromatic carbocycles. The monoisotopic (exact) mass is 182 g/mol. The summed E-state index contributed by atoms with van der Waals surface area (Å²) < 4.78 is 0. The average molecular weight is 182 g/mol. The Morgan fingerprint density at radius 3 is 1.71 bits per heavy atom. The number of nitrogens with zero attached hydrogens (tertiary/aromatic N) is 4. The van der Waals surface area contributed by atoms with E-state index in [9.17, 15) is 0 Å². The van der Waals surface area contributed by atoms with Crippen LogP contribution in [0.1, 0.15) is 0 Å². The predicted molar refractivity (Wildman–Crippen MR) is 52.6 cm³/mol. The summed E-state index contributed by atoms with van der Waals surface area (Å²) in [6, 6.07) is 7.76. The van der Waals surface area contributed by atoms with Gasteiger partial charge in [0.1, 0.15) is 0 Å². The Kier molecular flexibility index (Phi) is 1.41. The average Bonchev–Trinajstić information content (AvgIpc) is 2.26. The van der Waals surface area contributed by atoms with E-state index in [4.69, 9.17) is 0 Å². The maximum Gasteiger partial charge on any atom is 0.0937 e. The summed E-state index contributed by atoms with van der Waals surface area (Å²) in [5.74, 6) is 0. The molecule has 4 heteroatoms. The first-order valence-corrected chi connectivity index (χ1v) is 4.26. The van der Waals surface area contributed by atoms with Crippen LogP contribution >= 0.6 is 0 Å². The maximum atomic E-state index is 4.03. The van der Waals surface area contributed by atoms with E-state index in [-0.39, 0.29) is 0 Å². The molecule has 2 heterocycles. The molecule has 0 amide bonds. The Bertz CT molecular complexity index is 501. The van der Waals surface area contributed by atoms with Gasteiger partial charge in [0.05, 0.1) is 23.4 Å². The van der Waals surface area contributed by atoms with E-state index in [2.05, 4.69) is 20.4 Å². The zero-order valence-electron chi connectivity index (χ0n) is 7.25. The molecule has 0 saturated heterocycles. The molecular formula is C10H6N4. The molecule has 0 spiro atoms. The normalized spacial score (nSPS) is 10.9. The highest BCUT2D eigenvalue weighted by Gasteiger charge is 1.98. The van der Waals surface area contributed by atoms with E-state index in [1.165, 1.54) is 0 Å².